The van der Waals surface area contributed by atoms with Gasteiger partial charge >= 0.3 is 12.1 Å². The molecule has 0 aromatic carbocycles. The fourth-order valence-corrected chi connectivity index (χ4v) is 1.59. The van der Waals surface area contributed by atoms with Crippen LogP contribution in [0.4, 0.5) is 13.2 Å². The zero-order valence-electron chi connectivity index (χ0n) is 8.63. The van der Waals surface area contributed by atoms with E-state index in [1.54, 1.807) is 12.2 Å². The molecule has 0 aromatic heterocycles. The van der Waals surface area contributed by atoms with Crippen molar-refractivity contribution in [2.75, 3.05) is 0 Å². The smallest absolute Gasteiger partial charge is 0.389 e. The van der Waals surface area contributed by atoms with Crippen LogP contribution in [0.15, 0.2) is 12.2 Å². The second-order valence-corrected chi connectivity index (χ2v) is 3.83. The molecule has 1 aliphatic carbocycles. The molecule has 6 heteroatoms. The number of carbonyl (C=O) groups is 1. The van der Waals surface area contributed by atoms with E-state index in [0.29, 0.717) is 25.7 Å². The standard InChI is InChI=1S/C10H14F3NO2/c11-10(12,13)9(16)14-7-3-1-5-8(15)6-2-4-7/h1,5,7-8,15H,2-4,6H2,(H,14,16). The van der Waals surface area contributed by atoms with Crippen LogP contribution in [-0.2, 0) is 4.79 Å². The zero-order valence-corrected chi connectivity index (χ0v) is 8.63. The number of halogens is 3. The van der Waals surface area contributed by atoms with Crippen LogP contribution in [0.25, 0.3) is 0 Å². The summed E-state index contributed by atoms with van der Waals surface area (Å²) < 4.78 is 35.9. The van der Waals surface area contributed by atoms with Gasteiger partial charge in [-0.05, 0) is 25.7 Å². The summed E-state index contributed by atoms with van der Waals surface area (Å²) in [7, 11) is 0. The summed E-state index contributed by atoms with van der Waals surface area (Å²) in [5.74, 6) is -1.90. The topological polar surface area (TPSA) is 49.3 Å². The van der Waals surface area contributed by atoms with Crippen LogP contribution >= 0.6 is 0 Å². The zero-order chi connectivity index (χ0) is 12.2. The first-order valence-corrected chi connectivity index (χ1v) is 5.12. The second-order valence-electron chi connectivity index (χ2n) is 3.83. The predicted molar refractivity (Wildman–Crippen MR) is 51.6 cm³/mol. The third-order valence-electron chi connectivity index (χ3n) is 2.42. The molecule has 92 valence electrons. The Morgan fingerprint density at radius 3 is 2.69 bits per heavy atom. The van der Waals surface area contributed by atoms with Crippen molar-refractivity contribution in [2.45, 2.75) is 44.0 Å². The molecule has 0 heterocycles. The molecule has 0 spiro atoms. The molecule has 1 amide bonds. The fraction of sp³-hybridized carbons (Fsp3) is 0.700. The van der Waals surface area contributed by atoms with Gasteiger partial charge in [-0.25, -0.2) is 0 Å². The van der Waals surface area contributed by atoms with Crippen LogP contribution in [0.1, 0.15) is 25.7 Å². The van der Waals surface area contributed by atoms with E-state index in [1.165, 1.54) is 0 Å². The average Bonchev–Trinajstić information content (AvgIpc) is 2.12. The normalized spacial score (nSPS) is 27.0. The van der Waals surface area contributed by atoms with E-state index in [1.807, 2.05) is 5.32 Å². The molecule has 2 unspecified atom stereocenters. The minimum absolute atomic E-state index is 0.318. The number of aliphatic hydroxyl groups excluding tert-OH is 1. The number of nitrogens with one attached hydrogen (secondary N) is 1. The van der Waals surface area contributed by atoms with Crippen molar-refractivity contribution in [3.8, 4) is 0 Å². The quantitative estimate of drug-likeness (QED) is 0.679. The van der Waals surface area contributed by atoms with Gasteiger partial charge in [0.25, 0.3) is 0 Å². The monoisotopic (exact) mass is 237 g/mol. The first kappa shape index (κ1) is 13.0. The van der Waals surface area contributed by atoms with Crippen LogP contribution in [0, 0.1) is 0 Å². The maximum atomic E-state index is 12.0. The number of carbonyl (C=O) groups excluding carboxylic acids is 1. The van der Waals surface area contributed by atoms with Gasteiger partial charge in [0.15, 0.2) is 0 Å². The average molecular weight is 237 g/mol. The van der Waals surface area contributed by atoms with Crippen molar-refractivity contribution in [3.63, 3.8) is 0 Å². The van der Waals surface area contributed by atoms with Gasteiger partial charge in [0, 0.05) is 6.04 Å². The largest absolute Gasteiger partial charge is 0.471 e. The highest BCUT2D eigenvalue weighted by atomic mass is 19.4. The first-order chi connectivity index (χ1) is 7.39. The number of alkyl halides is 3. The summed E-state index contributed by atoms with van der Waals surface area (Å²) in [5.41, 5.74) is 0. The summed E-state index contributed by atoms with van der Waals surface area (Å²) in [6.07, 6.45) is -0.340. The highest BCUT2D eigenvalue weighted by Crippen LogP contribution is 2.17. The minimum atomic E-state index is -4.83. The van der Waals surface area contributed by atoms with E-state index in [0.717, 1.165) is 0 Å². The molecule has 0 saturated heterocycles. The van der Waals surface area contributed by atoms with Crippen LogP contribution < -0.4 is 5.32 Å². The third kappa shape index (κ3) is 4.22. The van der Waals surface area contributed by atoms with E-state index in [4.69, 9.17) is 0 Å². The number of hydrogen-bond acceptors (Lipinski definition) is 2. The lowest BCUT2D eigenvalue weighted by atomic mass is 10.00. The van der Waals surface area contributed by atoms with Crippen molar-refractivity contribution in [1.82, 2.24) is 5.32 Å². The van der Waals surface area contributed by atoms with Gasteiger partial charge in [0.1, 0.15) is 0 Å². The summed E-state index contributed by atoms with van der Waals surface area (Å²) in [6, 6.07) is -0.502. The summed E-state index contributed by atoms with van der Waals surface area (Å²) in [4.78, 5) is 10.7. The van der Waals surface area contributed by atoms with Crippen molar-refractivity contribution in [3.05, 3.63) is 12.2 Å². The SMILES string of the molecule is O=C(NC1CC=CC(O)CCC1)C(F)(F)F. The van der Waals surface area contributed by atoms with Gasteiger partial charge in [0.2, 0.25) is 0 Å². The maximum absolute atomic E-state index is 12.0. The number of amides is 1. The molecule has 16 heavy (non-hydrogen) atoms. The van der Waals surface area contributed by atoms with E-state index < -0.39 is 24.2 Å². The number of rotatable bonds is 1. The summed E-state index contributed by atoms with van der Waals surface area (Å²) in [6.45, 7) is 0. The molecule has 0 fully saturated rings. The number of aliphatic hydroxyl groups is 1. The molecule has 0 aromatic rings. The van der Waals surface area contributed by atoms with Crippen molar-refractivity contribution < 1.29 is 23.1 Å². The Bertz CT molecular complexity index is 276. The van der Waals surface area contributed by atoms with Crippen LogP contribution in [0.5, 0.6) is 0 Å². The molecule has 1 rings (SSSR count). The molecule has 2 N–H and O–H groups in total. The molecule has 0 saturated carbocycles. The molecule has 0 radical (unpaired) electrons. The number of hydrogen-bond donors (Lipinski definition) is 2. The molecule has 2 atom stereocenters. The van der Waals surface area contributed by atoms with E-state index >= 15 is 0 Å². The van der Waals surface area contributed by atoms with Crippen molar-refractivity contribution in [2.24, 2.45) is 0 Å². The van der Waals surface area contributed by atoms with Crippen LogP contribution in [0.2, 0.25) is 0 Å². The molecular weight excluding hydrogens is 223 g/mol. The Labute approximate surface area is 91.3 Å². The van der Waals surface area contributed by atoms with Gasteiger partial charge in [-0.1, -0.05) is 12.2 Å². The highest BCUT2D eigenvalue weighted by Gasteiger charge is 2.39. The summed E-state index contributed by atoms with van der Waals surface area (Å²) in [5, 5.41) is 11.2. The first-order valence-electron chi connectivity index (χ1n) is 5.12. The van der Waals surface area contributed by atoms with E-state index in [-0.39, 0.29) is 0 Å². The molecule has 0 aliphatic heterocycles. The third-order valence-corrected chi connectivity index (χ3v) is 2.42. The van der Waals surface area contributed by atoms with Crippen LogP contribution in [0.3, 0.4) is 0 Å². The lowest BCUT2D eigenvalue weighted by Crippen LogP contribution is -2.43. The Kier molecular flexibility index (Phi) is 4.35. The highest BCUT2D eigenvalue weighted by molar-refractivity contribution is 5.81. The Morgan fingerprint density at radius 2 is 2.06 bits per heavy atom. The molecule has 3 nitrogen and oxygen atoms in total. The minimum Gasteiger partial charge on any atom is -0.389 e. The van der Waals surface area contributed by atoms with Gasteiger partial charge in [-0.3, -0.25) is 4.79 Å². The lowest BCUT2D eigenvalue weighted by molar-refractivity contribution is -0.174. The molecular formula is C10H14F3NO2. The van der Waals surface area contributed by atoms with Crippen LogP contribution in [-0.4, -0.2) is 29.3 Å². The molecule has 1 aliphatic rings. The van der Waals surface area contributed by atoms with E-state index in [2.05, 4.69) is 0 Å². The van der Waals surface area contributed by atoms with E-state index in [9.17, 15) is 23.1 Å². The fourth-order valence-electron chi connectivity index (χ4n) is 1.59. The van der Waals surface area contributed by atoms with Gasteiger partial charge in [0.05, 0.1) is 6.10 Å². The second kappa shape index (κ2) is 5.34. The maximum Gasteiger partial charge on any atom is 0.471 e. The van der Waals surface area contributed by atoms with Crippen molar-refractivity contribution in [1.29, 1.82) is 0 Å². The van der Waals surface area contributed by atoms with Gasteiger partial charge < -0.3 is 10.4 Å². The van der Waals surface area contributed by atoms with Crippen molar-refractivity contribution >= 4 is 5.91 Å². The van der Waals surface area contributed by atoms with Gasteiger partial charge in [-0.2, -0.15) is 13.2 Å². The van der Waals surface area contributed by atoms with Gasteiger partial charge in [-0.15, -0.1) is 0 Å². The summed E-state index contributed by atoms with van der Waals surface area (Å²) >= 11 is 0. The Hall–Kier alpha value is -1.04. The predicted octanol–water partition coefficient (Wildman–Crippen LogP) is 1.52. The lowest BCUT2D eigenvalue weighted by Gasteiger charge is -2.20. The molecule has 0 bridgehead atoms. The Morgan fingerprint density at radius 1 is 1.38 bits per heavy atom. The Balaban J connectivity index is 2.48.